The van der Waals surface area contributed by atoms with E-state index in [0.717, 1.165) is 41.7 Å². The smallest absolute Gasteiger partial charge is 0.143 e. The highest BCUT2D eigenvalue weighted by atomic mass is 16.3. The molecule has 1 unspecified atom stereocenters. The normalized spacial score (nSPS) is 22.6. The van der Waals surface area contributed by atoms with Crippen molar-refractivity contribution in [3.63, 3.8) is 0 Å². The van der Waals surface area contributed by atoms with Gasteiger partial charge in [0, 0.05) is 48.9 Å². The summed E-state index contributed by atoms with van der Waals surface area (Å²) < 4.78 is 0. The Balaban J connectivity index is 1.49. The minimum absolute atomic E-state index is 0.111. The summed E-state index contributed by atoms with van der Waals surface area (Å²) in [7, 11) is 0. The van der Waals surface area contributed by atoms with E-state index in [1.54, 1.807) is 12.1 Å². The van der Waals surface area contributed by atoms with Gasteiger partial charge in [0.25, 0.3) is 0 Å². The van der Waals surface area contributed by atoms with Crippen molar-refractivity contribution in [2.75, 3.05) is 31.1 Å². The Labute approximate surface area is 170 Å². The third-order valence-electron chi connectivity index (χ3n) is 5.14. The largest absolute Gasteiger partial charge is 0.508 e. The van der Waals surface area contributed by atoms with Gasteiger partial charge in [0.05, 0.1) is 12.1 Å². The van der Waals surface area contributed by atoms with Crippen molar-refractivity contribution >= 4 is 34.9 Å². The molecule has 2 N–H and O–H groups in total. The number of nitrogens with one attached hydrogen (secondary N) is 1. The van der Waals surface area contributed by atoms with Crippen LogP contribution in [0.3, 0.4) is 0 Å². The van der Waals surface area contributed by atoms with E-state index in [4.69, 9.17) is 4.99 Å². The first-order chi connectivity index (χ1) is 13.8. The molecule has 0 radical (unpaired) electrons. The Bertz CT molecular complexity index is 958. The Hall–Kier alpha value is -2.87. The zero-order valence-corrected chi connectivity index (χ0v) is 17.2. The highest BCUT2D eigenvalue weighted by Gasteiger charge is 2.31. The second-order valence-electron chi connectivity index (χ2n) is 8.62. The van der Waals surface area contributed by atoms with E-state index in [1.165, 1.54) is 0 Å². The lowest BCUT2D eigenvalue weighted by molar-refractivity contribution is -0.112. The van der Waals surface area contributed by atoms with Crippen molar-refractivity contribution in [3.05, 3.63) is 24.3 Å². The second kappa shape index (κ2) is 7.51. The van der Waals surface area contributed by atoms with Gasteiger partial charge < -0.3 is 19.8 Å². The lowest BCUT2D eigenvalue weighted by Crippen LogP contribution is -2.59. The molecule has 1 aromatic carbocycles. The van der Waals surface area contributed by atoms with E-state index in [1.807, 2.05) is 23.5 Å². The number of hydrogen-bond donors (Lipinski definition) is 2. The maximum Gasteiger partial charge on any atom is 0.143 e. The number of hydrazone groups is 1. The van der Waals surface area contributed by atoms with Gasteiger partial charge >= 0.3 is 0 Å². The molecule has 0 amide bonds. The molecule has 0 aliphatic carbocycles. The van der Waals surface area contributed by atoms with Crippen molar-refractivity contribution in [2.45, 2.75) is 38.8 Å². The predicted molar refractivity (Wildman–Crippen MR) is 116 cm³/mol. The third kappa shape index (κ3) is 4.27. The molecule has 8 nitrogen and oxygen atoms in total. The minimum Gasteiger partial charge on any atom is -0.508 e. The Morgan fingerprint density at radius 2 is 2.10 bits per heavy atom. The minimum atomic E-state index is -0.287. The second-order valence-corrected chi connectivity index (χ2v) is 8.62. The topological polar surface area (TPSA) is 87.5 Å². The number of rotatable bonds is 3. The van der Waals surface area contributed by atoms with E-state index < -0.39 is 0 Å². The summed E-state index contributed by atoms with van der Waals surface area (Å²) in [6.07, 6.45) is 3.65. The zero-order valence-electron chi connectivity index (χ0n) is 17.2. The predicted octanol–water partition coefficient (Wildman–Crippen LogP) is 2.41. The lowest BCUT2D eigenvalue weighted by atomic mass is 10.1. The van der Waals surface area contributed by atoms with Gasteiger partial charge in [-0.15, -0.1) is 0 Å². The number of phenolic OH excluding ortho intramolecular Hbond substituents is 1. The number of benzene rings is 1. The molecule has 1 fully saturated rings. The van der Waals surface area contributed by atoms with Crippen LogP contribution in [0.1, 0.15) is 27.2 Å². The van der Waals surface area contributed by atoms with Crippen LogP contribution in [0.4, 0.5) is 5.82 Å². The third-order valence-corrected chi connectivity index (χ3v) is 5.14. The zero-order chi connectivity index (χ0) is 20.6. The standard InChI is InChI=1S/C21H28N6O2/c1-21(2,3)24-16-6-7-22-27(12-16)25-8-9-26(17(13-25)14-28)20-11-15-10-18(29)4-5-19(15)23-20/h4-5,7,10-11,14,17,23,29H,6,8-9,12-13H2,1-3H3. The summed E-state index contributed by atoms with van der Waals surface area (Å²) in [6.45, 7) is 8.95. The SMILES string of the molecule is CC(C)(C)N=C1CC=NN(N2CCN(c3cc4cc(O)ccc4[nH]3)C(C=O)C2)C1. The van der Waals surface area contributed by atoms with Crippen molar-refractivity contribution in [1.29, 1.82) is 0 Å². The number of hydrazine groups is 1. The fraction of sp³-hybridized carbons (Fsp3) is 0.476. The molecule has 1 saturated heterocycles. The van der Waals surface area contributed by atoms with Crippen LogP contribution in [0.5, 0.6) is 5.75 Å². The fourth-order valence-corrected chi connectivity index (χ4v) is 3.92. The van der Waals surface area contributed by atoms with Crippen LogP contribution in [0.25, 0.3) is 10.9 Å². The lowest BCUT2D eigenvalue weighted by Gasteiger charge is -2.43. The molecule has 4 rings (SSSR count). The van der Waals surface area contributed by atoms with Crippen molar-refractivity contribution in [1.82, 2.24) is 15.1 Å². The number of anilines is 1. The Morgan fingerprint density at radius 1 is 1.28 bits per heavy atom. The molecule has 1 aromatic heterocycles. The quantitative estimate of drug-likeness (QED) is 0.778. The maximum absolute atomic E-state index is 11.9. The average Bonchev–Trinajstić information content (AvgIpc) is 3.09. The molecular weight excluding hydrogens is 368 g/mol. The maximum atomic E-state index is 11.9. The molecule has 0 bridgehead atoms. The number of aromatic nitrogens is 1. The number of aromatic amines is 1. The molecule has 2 aromatic rings. The molecular formula is C21H28N6O2. The first-order valence-electron chi connectivity index (χ1n) is 9.98. The summed E-state index contributed by atoms with van der Waals surface area (Å²) >= 11 is 0. The summed E-state index contributed by atoms with van der Waals surface area (Å²) in [4.78, 5) is 22.1. The number of carbonyl (C=O) groups excluding carboxylic acids is 1. The van der Waals surface area contributed by atoms with E-state index >= 15 is 0 Å². The van der Waals surface area contributed by atoms with Gasteiger partial charge in [-0.25, -0.2) is 10.1 Å². The van der Waals surface area contributed by atoms with E-state index in [-0.39, 0.29) is 17.3 Å². The van der Waals surface area contributed by atoms with Crippen LogP contribution < -0.4 is 4.90 Å². The monoisotopic (exact) mass is 396 g/mol. The number of carbonyl (C=O) groups is 1. The Kier molecular flexibility index (Phi) is 5.04. The Morgan fingerprint density at radius 3 is 2.86 bits per heavy atom. The van der Waals surface area contributed by atoms with E-state index in [9.17, 15) is 9.90 Å². The average molecular weight is 396 g/mol. The first kappa shape index (κ1) is 19.4. The van der Waals surface area contributed by atoms with Gasteiger partial charge in [0.15, 0.2) is 0 Å². The number of hydrogen-bond acceptors (Lipinski definition) is 7. The van der Waals surface area contributed by atoms with Crippen LogP contribution in [0.15, 0.2) is 34.4 Å². The number of phenols is 1. The van der Waals surface area contributed by atoms with Gasteiger partial charge in [-0.2, -0.15) is 5.10 Å². The fourth-order valence-electron chi connectivity index (χ4n) is 3.92. The van der Waals surface area contributed by atoms with Crippen LogP contribution in [0.2, 0.25) is 0 Å². The molecule has 2 aliphatic heterocycles. The van der Waals surface area contributed by atoms with Gasteiger partial charge in [0.1, 0.15) is 23.9 Å². The van der Waals surface area contributed by atoms with Gasteiger partial charge in [0.2, 0.25) is 0 Å². The molecule has 154 valence electrons. The summed E-state index contributed by atoms with van der Waals surface area (Å²) in [6, 6.07) is 6.92. The number of aromatic hydroxyl groups is 1. The first-order valence-corrected chi connectivity index (χ1v) is 9.98. The van der Waals surface area contributed by atoms with Crippen molar-refractivity contribution < 1.29 is 9.90 Å². The van der Waals surface area contributed by atoms with Crippen LogP contribution in [0, 0.1) is 0 Å². The number of aldehydes is 1. The van der Waals surface area contributed by atoms with Crippen LogP contribution in [-0.4, -0.2) is 76.2 Å². The summed E-state index contributed by atoms with van der Waals surface area (Å²) in [5.74, 6) is 1.12. The van der Waals surface area contributed by atoms with Crippen molar-refractivity contribution in [3.8, 4) is 5.75 Å². The summed E-state index contributed by atoms with van der Waals surface area (Å²) in [5, 5.41) is 19.2. The summed E-state index contributed by atoms with van der Waals surface area (Å²) in [5.41, 5.74) is 1.93. The number of H-pyrrole nitrogens is 1. The van der Waals surface area contributed by atoms with Gasteiger partial charge in [-0.05, 0) is 45.0 Å². The molecule has 8 heteroatoms. The van der Waals surface area contributed by atoms with Gasteiger partial charge in [-0.3, -0.25) is 4.99 Å². The molecule has 3 heterocycles. The number of fused-ring (bicyclic) bond motifs is 1. The highest BCUT2D eigenvalue weighted by Crippen LogP contribution is 2.27. The van der Waals surface area contributed by atoms with Crippen LogP contribution >= 0.6 is 0 Å². The number of piperazine rings is 1. The highest BCUT2D eigenvalue weighted by molar-refractivity contribution is 5.98. The number of aliphatic imine (C=N–C) groups is 1. The molecule has 2 aliphatic rings. The molecule has 29 heavy (non-hydrogen) atoms. The molecule has 1 atom stereocenters. The van der Waals surface area contributed by atoms with E-state index in [0.29, 0.717) is 19.6 Å². The molecule has 0 spiro atoms. The van der Waals surface area contributed by atoms with Crippen molar-refractivity contribution in [2.24, 2.45) is 10.1 Å². The molecule has 0 saturated carbocycles. The van der Waals surface area contributed by atoms with E-state index in [2.05, 4.69) is 40.8 Å². The van der Waals surface area contributed by atoms with Crippen LogP contribution in [-0.2, 0) is 4.79 Å². The van der Waals surface area contributed by atoms with Gasteiger partial charge in [-0.1, -0.05) is 0 Å². The number of nitrogens with zero attached hydrogens (tertiary/aromatic N) is 5.